The number of allylic oxidation sites excluding steroid dienone is 2. The second-order valence-corrected chi connectivity index (χ2v) is 3.82. The predicted octanol–water partition coefficient (Wildman–Crippen LogP) is 1.86. The highest BCUT2D eigenvalue weighted by Crippen LogP contribution is 2.16. The van der Waals surface area contributed by atoms with Crippen molar-refractivity contribution < 1.29 is 0 Å². The largest absolute Gasteiger partial charge is 0.348 e. The molecule has 1 aliphatic carbocycles. The van der Waals surface area contributed by atoms with E-state index in [0.29, 0.717) is 0 Å². The smallest absolute Gasteiger partial charge is 0.120 e. The van der Waals surface area contributed by atoms with Gasteiger partial charge in [0.05, 0.1) is 6.54 Å². The standard InChI is InChI=1S/C11H17N3/c1-2-4-10(5-3-1)8-12-9-11-13-6-7-14-11/h1-2,6-7,10,12H,3-5,8-9H2,(H,13,14). The number of aromatic nitrogens is 2. The first-order chi connectivity index (χ1) is 6.95. The van der Waals surface area contributed by atoms with Crippen LogP contribution in [0.15, 0.2) is 24.5 Å². The molecule has 1 aromatic heterocycles. The van der Waals surface area contributed by atoms with E-state index in [1.807, 2.05) is 6.20 Å². The molecule has 2 rings (SSSR count). The number of aromatic amines is 1. The maximum absolute atomic E-state index is 4.17. The summed E-state index contributed by atoms with van der Waals surface area (Å²) >= 11 is 0. The first-order valence-electron chi connectivity index (χ1n) is 5.29. The van der Waals surface area contributed by atoms with Gasteiger partial charge in [-0.25, -0.2) is 4.98 Å². The molecule has 0 radical (unpaired) electrons. The zero-order valence-corrected chi connectivity index (χ0v) is 8.37. The molecule has 0 fully saturated rings. The minimum Gasteiger partial charge on any atom is -0.348 e. The first-order valence-corrected chi connectivity index (χ1v) is 5.29. The van der Waals surface area contributed by atoms with Crippen molar-refractivity contribution >= 4 is 0 Å². The van der Waals surface area contributed by atoms with Crippen molar-refractivity contribution in [2.45, 2.75) is 25.8 Å². The summed E-state index contributed by atoms with van der Waals surface area (Å²) in [6, 6.07) is 0. The average molecular weight is 191 g/mol. The van der Waals surface area contributed by atoms with Crippen molar-refractivity contribution in [3.8, 4) is 0 Å². The third-order valence-electron chi connectivity index (χ3n) is 2.66. The fraction of sp³-hybridized carbons (Fsp3) is 0.545. The van der Waals surface area contributed by atoms with E-state index in [2.05, 4.69) is 27.4 Å². The SMILES string of the molecule is C1=CCC(CNCc2ncc[nH]2)CC1. The molecular weight excluding hydrogens is 174 g/mol. The lowest BCUT2D eigenvalue weighted by atomic mass is 9.94. The number of nitrogens with zero attached hydrogens (tertiary/aromatic N) is 1. The van der Waals surface area contributed by atoms with Crippen LogP contribution in [0.25, 0.3) is 0 Å². The van der Waals surface area contributed by atoms with Crippen molar-refractivity contribution in [2.24, 2.45) is 5.92 Å². The Labute approximate surface area is 84.6 Å². The van der Waals surface area contributed by atoms with Gasteiger partial charge in [0.25, 0.3) is 0 Å². The Morgan fingerprint density at radius 1 is 1.50 bits per heavy atom. The average Bonchev–Trinajstić information content (AvgIpc) is 2.72. The molecule has 2 N–H and O–H groups in total. The van der Waals surface area contributed by atoms with Gasteiger partial charge in [0.1, 0.15) is 5.82 Å². The van der Waals surface area contributed by atoms with Gasteiger partial charge in [0.15, 0.2) is 0 Å². The van der Waals surface area contributed by atoms with Gasteiger partial charge in [-0.1, -0.05) is 12.2 Å². The minimum absolute atomic E-state index is 0.815. The highest BCUT2D eigenvalue weighted by molar-refractivity contribution is 4.91. The molecule has 0 bridgehead atoms. The summed E-state index contributed by atoms with van der Waals surface area (Å²) in [4.78, 5) is 7.25. The highest BCUT2D eigenvalue weighted by Gasteiger charge is 2.08. The number of imidazole rings is 1. The highest BCUT2D eigenvalue weighted by atomic mass is 15.0. The molecule has 1 atom stereocenters. The van der Waals surface area contributed by atoms with Crippen molar-refractivity contribution in [1.82, 2.24) is 15.3 Å². The fourth-order valence-electron chi connectivity index (χ4n) is 1.83. The van der Waals surface area contributed by atoms with Crippen LogP contribution in [0, 0.1) is 5.92 Å². The quantitative estimate of drug-likeness (QED) is 0.713. The maximum atomic E-state index is 4.17. The van der Waals surface area contributed by atoms with Crippen LogP contribution in [0.4, 0.5) is 0 Å². The van der Waals surface area contributed by atoms with Crippen LogP contribution in [0.5, 0.6) is 0 Å². The van der Waals surface area contributed by atoms with Gasteiger partial charge in [-0.15, -0.1) is 0 Å². The molecule has 1 unspecified atom stereocenters. The summed E-state index contributed by atoms with van der Waals surface area (Å²) in [5.41, 5.74) is 0. The van der Waals surface area contributed by atoms with Gasteiger partial charge in [0, 0.05) is 12.4 Å². The third kappa shape index (κ3) is 2.70. The maximum Gasteiger partial charge on any atom is 0.120 e. The van der Waals surface area contributed by atoms with Crippen LogP contribution in [-0.4, -0.2) is 16.5 Å². The van der Waals surface area contributed by atoms with E-state index >= 15 is 0 Å². The third-order valence-corrected chi connectivity index (χ3v) is 2.66. The van der Waals surface area contributed by atoms with Gasteiger partial charge < -0.3 is 10.3 Å². The summed E-state index contributed by atoms with van der Waals surface area (Å²) in [6.07, 6.45) is 12.0. The van der Waals surface area contributed by atoms with Gasteiger partial charge in [0.2, 0.25) is 0 Å². The summed E-state index contributed by atoms with van der Waals surface area (Å²) < 4.78 is 0. The van der Waals surface area contributed by atoms with Crippen molar-refractivity contribution in [2.75, 3.05) is 6.54 Å². The van der Waals surface area contributed by atoms with E-state index in [0.717, 1.165) is 24.8 Å². The topological polar surface area (TPSA) is 40.7 Å². The Morgan fingerprint density at radius 3 is 3.21 bits per heavy atom. The lowest BCUT2D eigenvalue weighted by molar-refractivity contribution is 0.438. The van der Waals surface area contributed by atoms with Crippen LogP contribution < -0.4 is 5.32 Å². The van der Waals surface area contributed by atoms with E-state index in [4.69, 9.17) is 0 Å². The summed E-state index contributed by atoms with van der Waals surface area (Å²) in [7, 11) is 0. The van der Waals surface area contributed by atoms with Crippen LogP contribution in [0.1, 0.15) is 25.1 Å². The first kappa shape index (κ1) is 9.46. The number of nitrogens with one attached hydrogen (secondary N) is 2. The van der Waals surface area contributed by atoms with Crippen LogP contribution in [0.2, 0.25) is 0 Å². The van der Waals surface area contributed by atoms with Crippen molar-refractivity contribution in [3.63, 3.8) is 0 Å². The molecule has 1 heterocycles. The van der Waals surface area contributed by atoms with Crippen LogP contribution >= 0.6 is 0 Å². The summed E-state index contributed by atoms with van der Waals surface area (Å²) in [5.74, 6) is 1.84. The Balaban J connectivity index is 1.65. The zero-order chi connectivity index (χ0) is 9.64. The van der Waals surface area contributed by atoms with E-state index in [1.165, 1.54) is 19.3 Å². The second-order valence-electron chi connectivity index (χ2n) is 3.82. The predicted molar refractivity (Wildman–Crippen MR) is 56.8 cm³/mol. The molecule has 0 aliphatic heterocycles. The summed E-state index contributed by atoms with van der Waals surface area (Å²) in [5, 5.41) is 3.43. The normalized spacial score (nSPS) is 21.3. The summed E-state index contributed by atoms with van der Waals surface area (Å²) in [6.45, 7) is 1.96. The Hall–Kier alpha value is -1.09. The monoisotopic (exact) mass is 191 g/mol. The molecular formula is C11H17N3. The van der Waals surface area contributed by atoms with E-state index < -0.39 is 0 Å². The number of hydrogen-bond donors (Lipinski definition) is 2. The molecule has 3 nitrogen and oxygen atoms in total. The van der Waals surface area contributed by atoms with Crippen molar-refractivity contribution in [1.29, 1.82) is 0 Å². The molecule has 14 heavy (non-hydrogen) atoms. The molecule has 0 spiro atoms. The van der Waals surface area contributed by atoms with E-state index in [9.17, 15) is 0 Å². The number of rotatable bonds is 4. The Bertz CT molecular complexity index is 277. The zero-order valence-electron chi connectivity index (χ0n) is 8.37. The number of hydrogen-bond acceptors (Lipinski definition) is 2. The molecule has 0 aromatic carbocycles. The Morgan fingerprint density at radius 2 is 2.50 bits per heavy atom. The molecule has 0 amide bonds. The molecule has 1 aromatic rings. The van der Waals surface area contributed by atoms with Gasteiger partial charge in [-0.3, -0.25) is 0 Å². The molecule has 76 valence electrons. The number of H-pyrrole nitrogens is 1. The molecule has 0 saturated heterocycles. The van der Waals surface area contributed by atoms with Crippen LogP contribution in [0.3, 0.4) is 0 Å². The van der Waals surface area contributed by atoms with Gasteiger partial charge in [-0.2, -0.15) is 0 Å². The van der Waals surface area contributed by atoms with Gasteiger partial charge >= 0.3 is 0 Å². The lowest BCUT2D eigenvalue weighted by Crippen LogP contribution is -2.23. The lowest BCUT2D eigenvalue weighted by Gasteiger charge is -2.17. The second kappa shape index (κ2) is 4.96. The van der Waals surface area contributed by atoms with Crippen LogP contribution in [-0.2, 0) is 6.54 Å². The fourth-order valence-corrected chi connectivity index (χ4v) is 1.83. The molecule has 3 heteroatoms. The minimum atomic E-state index is 0.815. The van der Waals surface area contributed by atoms with Gasteiger partial charge in [-0.05, 0) is 31.7 Å². The van der Waals surface area contributed by atoms with Crippen molar-refractivity contribution in [3.05, 3.63) is 30.4 Å². The Kier molecular flexibility index (Phi) is 3.35. The van der Waals surface area contributed by atoms with E-state index in [1.54, 1.807) is 6.20 Å². The molecule has 0 saturated carbocycles. The van der Waals surface area contributed by atoms with E-state index in [-0.39, 0.29) is 0 Å². The molecule has 1 aliphatic rings.